The minimum absolute atomic E-state index is 0.303. The molecule has 1 aromatic carbocycles. The molecule has 2 atom stereocenters. The van der Waals surface area contributed by atoms with Crippen molar-refractivity contribution in [3.05, 3.63) is 23.3 Å². The van der Waals surface area contributed by atoms with Gasteiger partial charge >= 0.3 is 0 Å². The Morgan fingerprint density at radius 2 is 1.94 bits per heavy atom. The lowest BCUT2D eigenvalue weighted by Crippen LogP contribution is -2.42. The molecule has 0 spiro atoms. The third kappa shape index (κ3) is 2.32. The molecule has 1 saturated carbocycles. The van der Waals surface area contributed by atoms with Gasteiger partial charge in [-0.2, -0.15) is 0 Å². The fourth-order valence-electron chi connectivity index (χ4n) is 3.00. The van der Waals surface area contributed by atoms with Gasteiger partial charge in [-0.3, -0.25) is 0 Å². The highest BCUT2D eigenvalue weighted by atomic mass is 16.5. The van der Waals surface area contributed by atoms with Gasteiger partial charge < -0.3 is 15.4 Å². The topological polar surface area (TPSA) is 38.5 Å². The van der Waals surface area contributed by atoms with Crippen molar-refractivity contribution in [2.75, 3.05) is 19.1 Å². The summed E-state index contributed by atoms with van der Waals surface area (Å²) in [6.07, 6.45) is 3.58. The maximum atomic E-state index is 6.20. The molecule has 0 bridgehead atoms. The first-order chi connectivity index (χ1) is 8.54. The van der Waals surface area contributed by atoms with Gasteiger partial charge in [0.2, 0.25) is 0 Å². The number of methoxy groups -OCH3 is 1. The zero-order valence-corrected chi connectivity index (χ0v) is 11.9. The van der Waals surface area contributed by atoms with E-state index in [0.29, 0.717) is 12.1 Å². The second kappa shape index (κ2) is 5.19. The largest absolute Gasteiger partial charge is 0.496 e. The summed E-state index contributed by atoms with van der Waals surface area (Å²) in [5.74, 6) is 0.959. The van der Waals surface area contributed by atoms with E-state index in [4.69, 9.17) is 10.5 Å². The van der Waals surface area contributed by atoms with Gasteiger partial charge in [-0.1, -0.05) is 0 Å². The van der Waals surface area contributed by atoms with Crippen LogP contribution in [0.3, 0.4) is 0 Å². The summed E-state index contributed by atoms with van der Waals surface area (Å²) >= 11 is 0. The Morgan fingerprint density at radius 1 is 1.22 bits per heavy atom. The first-order valence-corrected chi connectivity index (χ1v) is 6.68. The molecule has 0 aliphatic heterocycles. The summed E-state index contributed by atoms with van der Waals surface area (Å²) in [5, 5.41) is 0. The predicted molar refractivity (Wildman–Crippen MR) is 76.5 cm³/mol. The number of aryl methyl sites for hydroxylation is 2. The number of benzene rings is 1. The van der Waals surface area contributed by atoms with Crippen LogP contribution in [0.4, 0.5) is 5.69 Å². The average Bonchev–Trinajstić information content (AvgIpc) is 2.77. The Labute approximate surface area is 110 Å². The average molecular weight is 248 g/mol. The third-order valence-corrected chi connectivity index (χ3v) is 4.12. The van der Waals surface area contributed by atoms with Gasteiger partial charge in [0.05, 0.1) is 7.11 Å². The Morgan fingerprint density at radius 3 is 2.50 bits per heavy atom. The normalized spacial score (nSPS) is 23.2. The number of nitrogens with two attached hydrogens (primary N) is 1. The lowest BCUT2D eigenvalue weighted by Gasteiger charge is -2.31. The summed E-state index contributed by atoms with van der Waals surface area (Å²) in [5.41, 5.74) is 9.90. The zero-order chi connectivity index (χ0) is 13.3. The van der Waals surface area contributed by atoms with E-state index in [1.54, 1.807) is 7.11 Å². The molecule has 2 N–H and O–H groups in total. The molecule has 1 aromatic rings. The van der Waals surface area contributed by atoms with Gasteiger partial charge in [0, 0.05) is 24.8 Å². The molecule has 1 aliphatic rings. The van der Waals surface area contributed by atoms with E-state index in [9.17, 15) is 0 Å². The van der Waals surface area contributed by atoms with E-state index in [2.05, 4.69) is 37.9 Å². The number of likely N-dealkylation sites (N-methyl/N-ethyl adjacent to an activating group) is 1. The van der Waals surface area contributed by atoms with Crippen LogP contribution < -0.4 is 15.4 Å². The lowest BCUT2D eigenvalue weighted by molar-refractivity contribution is 0.411. The highest BCUT2D eigenvalue weighted by Gasteiger charge is 2.28. The molecular weight excluding hydrogens is 224 g/mol. The standard InChI is InChI=1S/C15H24N2O/c1-10-9-15(18-4)11(2)8-14(10)17(3)13-7-5-6-12(13)16/h8-9,12-13H,5-7,16H2,1-4H3. The first-order valence-electron chi connectivity index (χ1n) is 6.68. The highest BCUT2D eigenvalue weighted by Crippen LogP contribution is 2.32. The molecule has 2 rings (SSSR count). The van der Waals surface area contributed by atoms with E-state index in [0.717, 1.165) is 12.2 Å². The van der Waals surface area contributed by atoms with Crippen molar-refractivity contribution in [3.63, 3.8) is 0 Å². The highest BCUT2D eigenvalue weighted by molar-refractivity contribution is 5.59. The Hall–Kier alpha value is -1.22. The minimum atomic E-state index is 0.303. The predicted octanol–water partition coefficient (Wildman–Crippen LogP) is 2.63. The van der Waals surface area contributed by atoms with Crippen molar-refractivity contribution in [2.45, 2.75) is 45.2 Å². The molecule has 1 aliphatic carbocycles. The number of ether oxygens (including phenoxy) is 1. The monoisotopic (exact) mass is 248 g/mol. The van der Waals surface area contributed by atoms with Crippen LogP contribution >= 0.6 is 0 Å². The summed E-state index contributed by atoms with van der Waals surface area (Å²) in [6, 6.07) is 5.09. The molecule has 0 heterocycles. The van der Waals surface area contributed by atoms with Gasteiger partial charge in [-0.05, 0) is 56.4 Å². The summed E-state index contributed by atoms with van der Waals surface area (Å²) < 4.78 is 5.36. The van der Waals surface area contributed by atoms with Crippen molar-refractivity contribution in [3.8, 4) is 5.75 Å². The number of hydrogen-bond acceptors (Lipinski definition) is 3. The van der Waals surface area contributed by atoms with Crippen LogP contribution in [0.1, 0.15) is 30.4 Å². The van der Waals surface area contributed by atoms with Crippen molar-refractivity contribution < 1.29 is 4.74 Å². The summed E-state index contributed by atoms with van der Waals surface area (Å²) in [6.45, 7) is 4.22. The van der Waals surface area contributed by atoms with Crippen molar-refractivity contribution in [1.82, 2.24) is 0 Å². The van der Waals surface area contributed by atoms with E-state index in [1.807, 2.05) is 0 Å². The molecular formula is C15H24N2O. The van der Waals surface area contributed by atoms with Gasteiger partial charge in [0.25, 0.3) is 0 Å². The van der Waals surface area contributed by atoms with Crippen LogP contribution in [0.15, 0.2) is 12.1 Å². The second-order valence-electron chi connectivity index (χ2n) is 5.38. The van der Waals surface area contributed by atoms with Crippen LogP contribution in [-0.2, 0) is 0 Å². The molecule has 0 aromatic heterocycles. The number of hydrogen-bond donors (Lipinski definition) is 1. The van der Waals surface area contributed by atoms with Gasteiger partial charge in [-0.15, -0.1) is 0 Å². The number of anilines is 1. The quantitative estimate of drug-likeness (QED) is 0.893. The van der Waals surface area contributed by atoms with Crippen LogP contribution in [-0.4, -0.2) is 26.2 Å². The number of rotatable bonds is 3. The SMILES string of the molecule is COc1cc(C)c(N(C)C2CCCC2N)cc1C. The maximum absolute atomic E-state index is 6.20. The van der Waals surface area contributed by atoms with Crippen molar-refractivity contribution in [2.24, 2.45) is 5.73 Å². The van der Waals surface area contributed by atoms with E-state index >= 15 is 0 Å². The second-order valence-corrected chi connectivity index (χ2v) is 5.38. The van der Waals surface area contributed by atoms with Crippen molar-refractivity contribution in [1.29, 1.82) is 0 Å². The molecule has 1 fully saturated rings. The Balaban J connectivity index is 2.30. The van der Waals surface area contributed by atoms with Crippen molar-refractivity contribution >= 4 is 5.69 Å². The molecule has 18 heavy (non-hydrogen) atoms. The minimum Gasteiger partial charge on any atom is -0.496 e. The van der Waals surface area contributed by atoms with E-state index in [-0.39, 0.29) is 0 Å². The molecule has 3 nitrogen and oxygen atoms in total. The fourth-order valence-corrected chi connectivity index (χ4v) is 3.00. The molecule has 100 valence electrons. The van der Waals surface area contributed by atoms with Crippen LogP contribution in [0.2, 0.25) is 0 Å². The molecule has 3 heteroatoms. The third-order valence-electron chi connectivity index (χ3n) is 4.12. The Bertz CT molecular complexity index is 431. The summed E-state index contributed by atoms with van der Waals surface area (Å²) in [7, 11) is 3.88. The van der Waals surface area contributed by atoms with Gasteiger partial charge in [-0.25, -0.2) is 0 Å². The number of nitrogens with zero attached hydrogens (tertiary/aromatic N) is 1. The van der Waals surface area contributed by atoms with Gasteiger partial charge in [0.15, 0.2) is 0 Å². The molecule has 0 radical (unpaired) electrons. The van der Waals surface area contributed by atoms with Crippen LogP contribution in [0, 0.1) is 13.8 Å². The van der Waals surface area contributed by atoms with Crippen LogP contribution in [0.5, 0.6) is 5.75 Å². The Kier molecular flexibility index (Phi) is 3.81. The molecule has 0 amide bonds. The first kappa shape index (κ1) is 13.2. The summed E-state index contributed by atoms with van der Waals surface area (Å²) in [4.78, 5) is 2.35. The van der Waals surface area contributed by atoms with E-state index in [1.165, 1.54) is 29.7 Å². The zero-order valence-electron chi connectivity index (χ0n) is 11.9. The smallest absolute Gasteiger partial charge is 0.122 e. The van der Waals surface area contributed by atoms with Gasteiger partial charge in [0.1, 0.15) is 5.75 Å². The maximum Gasteiger partial charge on any atom is 0.122 e. The fraction of sp³-hybridized carbons (Fsp3) is 0.600. The van der Waals surface area contributed by atoms with E-state index < -0.39 is 0 Å². The van der Waals surface area contributed by atoms with Crippen LogP contribution in [0.25, 0.3) is 0 Å². The molecule has 0 saturated heterocycles. The molecule has 2 unspecified atom stereocenters. The lowest BCUT2D eigenvalue weighted by atomic mass is 10.1.